The number of benzene rings is 2. The van der Waals surface area contributed by atoms with E-state index >= 15 is 0 Å². The Morgan fingerprint density at radius 2 is 1.76 bits per heavy atom. The molecule has 17 heavy (non-hydrogen) atoms. The normalized spacial score (nSPS) is 11.5. The molecule has 2 aromatic rings. The lowest BCUT2D eigenvalue weighted by molar-refractivity contribution is -0.354. The van der Waals surface area contributed by atoms with Crippen LogP contribution in [0.4, 0.5) is 5.69 Å². The summed E-state index contributed by atoms with van der Waals surface area (Å²) >= 11 is 11.8. The second-order valence-electron chi connectivity index (χ2n) is 3.46. The van der Waals surface area contributed by atoms with Gasteiger partial charge in [0.2, 0.25) is 5.69 Å². The summed E-state index contributed by atoms with van der Waals surface area (Å²) in [6.07, 6.45) is 1.42. The van der Waals surface area contributed by atoms with Crippen LogP contribution in [0.2, 0.25) is 10.0 Å². The fourth-order valence-electron chi connectivity index (χ4n) is 1.39. The molecule has 4 heteroatoms. The van der Waals surface area contributed by atoms with Crippen molar-refractivity contribution >= 4 is 35.1 Å². The van der Waals surface area contributed by atoms with Crippen LogP contribution in [0, 0.1) is 5.21 Å². The molecule has 86 valence electrons. The first-order chi connectivity index (χ1) is 8.16. The molecule has 0 spiro atoms. The molecule has 0 fully saturated rings. The molecule has 0 heterocycles. The Kier molecular flexibility index (Phi) is 3.67. The third kappa shape index (κ3) is 2.99. The summed E-state index contributed by atoms with van der Waals surface area (Å²) in [5, 5.41) is 12.9. The van der Waals surface area contributed by atoms with Gasteiger partial charge in [0.05, 0.1) is 10.6 Å². The Morgan fingerprint density at radius 1 is 1.00 bits per heavy atom. The molecule has 0 saturated carbocycles. The fourth-order valence-corrected chi connectivity index (χ4v) is 1.76. The molecule has 0 saturated heterocycles. The fraction of sp³-hybridized carbons (Fsp3) is 0. The third-order valence-electron chi connectivity index (χ3n) is 2.22. The zero-order chi connectivity index (χ0) is 12.3. The van der Waals surface area contributed by atoms with E-state index in [-0.39, 0.29) is 0 Å². The van der Waals surface area contributed by atoms with Crippen molar-refractivity contribution in [3.63, 3.8) is 0 Å². The lowest BCUT2D eigenvalue weighted by Gasteiger charge is -2.03. The lowest BCUT2D eigenvalue weighted by atomic mass is 10.2. The smallest absolute Gasteiger partial charge is 0.217 e. The van der Waals surface area contributed by atoms with Crippen LogP contribution >= 0.6 is 23.2 Å². The predicted molar refractivity (Wildman–Crippen MR) is 71.4 cm³/mol. The van der Waals surface area contributed by atoms with Gasteiger partial charge in [-0.3, -0.25) is 0 Å². The highest BCUT2D eigenvalue weighted by atomic mass is 35.5. The van der Waals surface area contributed by atoms with Gasteiger partial charge in [-0.1, -0.05) is 41.4 Å². The van der Waals surface area contributed by atoms with E-state index < -0.39 is 0 Å². The van der Waals surface area contributed by atoms with Crippen molar-refractivity contribution in [2.45, 2.75) is 0 Å². The molecular formula is C13H9Cl2NO. The molecule has 0 aliphatic heterocycles. The maximum absolute atomic E-state index is 11.9. The maximum atomic E-state index is 11.9. The first-order valence-electron chi connectivity index (χ1n) is 4.98. The number of hydrogen-bond donors (Lipinski definition) is 0. The summed E-state index contributed by atoms with van der Waals surface area (Å²) in [7, 11) is 0. The molecule has 0 bridgehead atoms. The van der Waals surface area contributed by atoms with E-state index in [0.29, 0.717) is 21.3 Å². The van der Waals surface area contributed by atoms with Crippen molar-refractivity contribution in [1.29, 1.82) is 0 Å². The highest BCUT2D eigenvalue weighted by Crippen LogP contribution is 2.18. The van der Waals surface area contributed by atoms with Crippen LogP contribution in [0.3, 0.4) is 0 Å². The van der Waals surface area contributed by atoms with Crippen LogP contribution in [-0.4, -0.2) is 11.0 Å². The van der Waals surface area contributed by atoms with E-state index in [2.05, 4.69) is 0 Å². The van der Waals surface area contributed by atoms with Gasteiger partial charge >= 0.3 is 0 Å². The number of rotatable bonds is 2. The molecule has 0 unspecified atom stereocenters. The largest absolute Gasteiger partial charge is 0.618 e. The SMILES string of the molecule is [O-]/[N+](=C/c1ccccc1Cl)c1cccc(Cl)c1. The number of hydrogen-bond acceptors (Lipinski definition) is 1. The topological polar surface area (TPSA) is 26.1 Å². The molecule has 0 N–H and O–H groups in total. The van der Waals surface area contributed by atoms with Crippen molar-refractivity contribution in [3.8, 4) is 0 Å². The summed E-state index contributed by atoms with van der Waals surface area (Å²) in [6, 6.07) is 13.9. The summed E-state index contributed by atoms with van der Waals surface area (Å²) in [5.74, 6) is 0. The van der Waals surface area contributed by atoms with Gasteiger partial charge in [0, 0.05) is 17.2 Å². The van der Waals surface area contributed by atoms with Crippen LogP contribution in [0.5, 0.6) is 0 Å². The molecule has 0 amide bonds. The van der Waals surface area contributed by atoms with Crippen LogP contribution in [0.1, 0.15) is 5.56 Å². The lowest BCUT2D eigenvalue weighted by Crippen LogP contribution is -1.99. The first-order valence-corrected chi connectivity index (χ1v) is 5.74. The average molecular weight is 266 g/mol. The molecule has 0 aliphatic carbocycles. The van der Waals surface area contributed by atoms with Gasteiger partial charge in [0.15, 0.2) is 6.21 Å². The molecule has 2 aromatic carbocycles. The Hall–Kier alpha value is -1.51. The van der Waals surface area contributed by atoms with E-state index in [0.717, 1.165) is 4.74 Å². The van der Waals surface area contributed by atoms with E-state index in [4.69, 9.17) is 23.2 Å². The average Bonchev–Trinajstić information content (AvgIpc) is 2.32. The minimum absolute atomic E-state index is 0.470. The van der Waals surface area contributed by atoms with Crippen molar-refractivity contribution in [2.75, 3.05) is 0 Å². The minimum atomic E-state index is 0.470. The zero-order valence-electron chi connectivity index (χ0n) is 8.81. The van der Waals surface area contributed by atoms with Crippen LogP contribution in [-0.2, 0) is 0 Å². The van der Waals surface area contributed by atoms with Crippen molar-refractivity contribution in [3.05, 3.63) is 69.3 Å². The second kappa shape index (κ2) is 5.21. The quantitative estimate of drug-likeness (QED) is 0.345. The van der Waals surface area contributed by atoms with Gasteiger partial charge in [-0.25, -0.2) is 0 Å². The van der Waals surface area contributed by atoms with E-state index in [1.165, 1.54) is 6.21 Å². The van der Waals surface area contributed by atoms with Crippen molar-refractivity contribution < 1.29 is 4.74 Å². The van der Waals surface area contributed by atoms with Gasteiger partial charge in [-0.05, 0) is 18.2 Å². The Bertz CT molecular complexity index is 567. The minimum Gasteiger partial charge on any atom is -0.618 e. The highest BCUT2D eigenvalue weighted by Gasteiger charge is 2.04. The molecular weight excluding hydrogens is 257 g/mol. The maximum Gasteiger partial charge on any atom is 0.217 e. The summed E-state index contributed by atoms with van der Waals surface area (Å²) in [4.78, 5) is 0. The van der Waals surface area contributed by atoms with Crippen molar-refractivity contribution in [1.82, 2.24) is 0 Å². The van der Waals surface area contributed by atoms with Crippen molar-refractivity contribution in [2.24, 2.45) is 0 Å². The van der Waals surface area contributed by atoms with Crippen LogP contribution in [0.15, 0.2) is 48.5 Å². The van der Waals surface area contributed by atoms with Gasteiger partial charge in [-0.2, -0.15) is 4.74 Å². The molecule has 0 aliphatic rings. The molecule has 0 radical (unpaired) electrons. The zero-order valence-corrected chi connectivity index (χ0v) is 10.3. The van der Waals surface area contributed by atoms with Gasteiger partial charge in [-0.15, -0.1) is 0 Å². The van der Waals surface area contributed by atoms with E-state index in [1.807, 2.05) is 12.1 Å². The second-order valence-corrected chi connectivity index (χ2v) is 4.30. The van der Waals surface area contributed by atoms with Crippen LogP contribution in [0.25, 0.3) is 0 Å². The summed E-state index contributed by atoms with van der Waals surface area (Å²) < 4.78 is 0.743. The Labute approximate surface area is 109 Å². The standard InChI is InChI=1S/C13H9Cl2NO/c14-11-5-3-6-12(8-11)16(17)9-10-4-1-2-7-13(10)15/h1-9H/b16-9+. The monoisotopic (exact) mass is 265 g/mol. The van der Waals surface area contributed by atoms with Gasteiger partial charge in [0.25, 0.3) is 0 Å². The van der Waals surface area contributed by atoms with E-state index in [9.17, 15) is 5.21 Å². The molecule has 0 aromatic heterocycles. The third-order valence-corrected chi connectivity index (χ3v) is 2.80. The Morgan fingerprint density at radius 3 is 2.47 bits per heavy atom. The first kappa shape index (κ1) is 12.0. The Balaban J connectivity index is 2.38. The van der Waals surface area contributed by atoms with Gasteiger partial charge < -0.3 is 5.21 Å². The predicted octanol–water partition coefficient (Wildman–Crippen LogP) is 4.25. The highest BCUT2D eigenvalue weighted by molar-refractivity contribution is 6.33. The van der Waals surface area contributed by atoms with E-state index in [1.54, 1.807) is 36.4 Å². The molecule has 0 atom stereocenters. The van der Waals surface area contributed by atoms with Crippen LogP contribution < -0.4 is 0 Å². The summed E-state index contributed by atoms with van der Waals surface area (Å²) in [5.41, 5.74) is 1.14. The summed E-state index contributed by atoms with van der Waals surface area (Å²) in [6.45, 7) is 0. The molecule has 2 rings (SSSR count). The number of halogens is 2. The number of nitrogens with zero attached hydrogens (tertiary/aromatic N) is 1. The molecule has 2 nitrogen and oxygen atoms in total. The van der Waals surface area contributed by atoms with Gasteiger partial charge in [0.1, 0.15) is 0 Å².